The number of nitrogens with zero attached hydrogens (tertiary/aromatic N) is 1. The lowest BCUT2D eigenvalue weighted by Gasteiger charge is -2.32. The molecule has 0 spiro atoms. The van der Waals surface area contributed by atoms with Crippen molar-refractivity contribution in [2.24, 2.45) is 5.41 Å². The summed E-state index contributed by atoms with van der Waals surface area (Å²) in [6, 6.07) is 0. The van der Waals surface area contributed by atoms with E-state index in [9.17, 15) is 4.39 Å². The van der Waals surface area contributed by atoms with Gasteiger partial charge in [0, 0.05) is 25.0 Å². The summed E-state index contributed by atoms with van der Waals surface area (Å²) in [7, 11) is 0. The fraction of sp³-hybridized carbons (Fsp3) is 1.00. The van der Waals surface area contributed by atoms with Gasteiger partial charge in [-0.05, 0) is 39.5 Å². The third kappa shape index (κ3) is 3.42. The van der Waals surface area contributed by atoms with E-state index in [0.29, 0.717) is 11.5 Å². The van der Waals surface area contributed by atoms with Crippen molar-refractivity contribution in [3.05, 3.63) is 0 Å². The minimum absolute atomic E-state index is 0.328. The van der Waals surface area contributed by atoms with E-state index >= 15 is 0 Å². The summed E-state index contributed by atoms with van der Waals surface area (Å²) in [6.45, 7) is 8.05. The van der Waals surface area contributed by atoms with Gasteiger partial charge in [0.05, 0.1) is 12.7 Å². The van der Waals surface area contributed by atoms with Crippen LogP contribution in [0, 0.1) is 5.41 Å². The van der Waals surface area contributed by atoms with E-state index in [0.717, 1.165) is 39.1 Å². The van der Waals surface area contributed by atoms with Crippen LogP contribution in [-0.2, 0) is 4.74 Å². The van der Waals surface area contributed by atoms with Gasteiger partial charge in [0.1, 0.15) is 6.17 Å². The summed E-state index contributed by atoms with van der Waals surface area (Å²) in [5.74, 6) is 0. The average Bonchev–Trinajstić information content (AvgIpc) is 3.00. The largest absolute Gasteiger partial charge is 0.378 e. The lowest BCUT2D eigenvalue weighted by atomic mass is 10.0. The van der Waals surface area contributed by atoms with Crippen LogP contribution in [0.15, 0.2) is 0 Å². The van der Waals surface area contributed by atoms with Gasteiger partial charge in [0.15, 0.2) is 0 Å². The average molecular weight is 229 g/mol. The number of piperidine rings is 1. The summed E-state index contributed by atoms with van der Waals surface area (Å²) in [5, 5.41) is 0. The molecule has 0 aromatic carbocycles. The van der Waals surface area contributed by atoms with E-state index in [2.05, 4.69) is 18.7 Å². The molecule has 0 unspecified atom stereocenters. The van der Waals surface area contributed by atoms with Crippen molar-refractivity contribution in [1.29, 1.82) is 0 Å². The molecule has 2 nitrogen and oxygen atoms in total. The van der Waals surface area contributed by atoms with Crippen molar-refractivity contribution in [2.75, 3.05) is 26.2 Å². The van der Waals surface area contributed by atoms with E-state index in [1.54, 1.807) is 0 Å². The third-order valence-electron chi connectivity index (χ3n) is 3.76. The Morgan fingerprint density at radius 2 is 1.94 bits per heavy atom. The van der Waals surface area contributed by atoms with Gasteiger partial charge in [-0.2, -0.15) is 0 Å². The zero-order valence-electron chi connectivity index (χ0n) is 10.5. The molecular formula is C13H24FNO. The van der Waals surface area contributed by atoms with Crippen molar-refractivity contribution < 1.29 is 9.13 Å². The molecule has 1 heterocycles. The van der Waals surface area contributed by atoms with Gasteiger partial charge in [-0.3, -0.25) is 0 Å². The van der Waals surface area contributed by atoms with E-state index < -0.39 is 6.17 Å². The maximum absolute atomic E-state index is 13.0. The van der Waals surface area contributed by atoms with Gasteiger partial charge < -0.3 is 9.64 Å². The summed E-state index contributed by atoms with van der Waals surface area (Å²) < 4.78 is 18.7. The van der Waals surface area contributed by atoms with E-state index in [4.69, 9.17) is 4.74 Å². The Kier molecular flexibility index (Phi) is 3.85. The molecule has 2 aliphatic rings. The van der Waals surface area contributed by atoms with Crippen LogP contribution in [0.5, 0.6) is 0 Å². The molecule has 1 aliphatic heterocycles. The molecule has 0 amide bonds. The van der Waals surface area contributed by atoms with Gasteiger partial charge in [-0.25, -0.2) is 4.39 Å². The molecule has 0 bridgehead atoms. The highest BCUT2D eigenvalue weighted by atomic mass is 19.1. The Bertz CT molecular complexity index is 220. The molecule has 0 atom stereocenters. The first-order valence-electron chi connectivity index (χ1n) is 6.58. The molecule has 94 valence electrons. The van der Waals surface area contributed by atoms with E-state index in [-0.39, 0.29) is 0 Å². The van der Waals surface area contributed by atoms with Crippen LogP contribution in [0.25, 0.3) is 0 Å². The van der Waals surface area contributed by atoms with Crippen molar-refractivity contribution in [2.45, 2.75) is 51.8 Å². The number of rotatable bonds is 5. The SMILES string of the molecule is CC(C)OCC1(CN2CCC(F)CC2)CC1. The first kappa shape index (κ1) is 12.3. The molecule has 3 heteroatoms. The monoisotopic (exact) mass is 229 g/mol. The van der Waals surface area contributed by atoms with Crippen molar-refractivity contribution >= 4 is 0 Å². The first-order chi connectivity index (χ1) is 7.60. The van der Waals surface area contributed by atoms with Crippen LogP contribution < -0.4 is 0 Å². The highest BCUT2D eigenvalue weighted by molar-refractivity contribution is 4.96. The predicted octanol–water partition coefficient (Wildman–Crippen LogP) is 2.63. The Balaban J connectivity index is 1.72. The number of likely N-dealkylation sites (tertiary alicyclic amines) is 1. The van der Waals surface area contributed by atoms with Gasteiger partial charge in [0.25, 0.3) is 0 Å². The third-order valence-corrected chi connectivity index (χ3v) is 3.76. The Hall–Kier alpha value is -0.150. The smallest absolute Gasteiger partial charge is 0.103 e. The summed E-state index contributed by atoms with van der Waals surface area (Å²) in [6.07, 6.45) is 3.79. The highest BCUT2D eigenvalue weighted by Crippen LogP contribution is 2.47. The standard InChI is InChI=1S/C13H24FNO/c1-11(2)16-10-13(5-6-13)9-15-7-3-12(14)4-8-15/h11-12H,3-10H2,1-2H3. The van der Waals surface area contributed by atoms with E-state index in [1.165, 1.54) is 12.8 Å². The minimum atomic E-state index is -0.557. The number of alkyl halides is 1. The molecule has 2 rings (SSSR count). The van der Waals surface area contributed by atoms with Gasteiger partial charge in [-0.1, -0.05) is 0 Å². The minimum Gasteiger partial charge on any atom is -0.378 e. The maximum atomic E-state index is 13.0. The molecule has 1 saturated carbocycles. The molecular weight excluding hydrogens is 205 g/mol. The number of ether oxygens (including phenoxy) is 1. The fourth-order valence-electron chi connectivity index (χ4n) is 2.40. The Morgan fingerprint density at radius 3 is 2.44 bits per heavy atom. The second kappa shape index (κ2) is 5.01. The molecule has 1 aliphatic carbocycles. The number of hydrogen-bond acceptors (Lipinski definition) is 2. The van der Waals surface area contributed by atoms with Crippen molar-refractivity contribution in [3.8, 4) is 0 Å². The summed E-state index contributed by atoms with van der Waals surface area (Å²) >= 11 is 0. The molecule has 2 fully saturated rings. The maximum Gasteiger partial charge on any atom is 0.103 e. The van der Waals surface area contributed by atoms with Crippen LogP contribution in [0.2, 0.25) is 0 Å². The van der Waals surface area contributed by atoms with Gasteiger partial charge in [0.2, 0.25) is 0 Å². The van der Waals surface area contributed by atoms with Crippen LogP contribution in [0.4, 0.5) is 4.39 Å². The summed E-state index contributed by atoms with van der Waals surface area (Å²) in [5.41, 5.74) is 0.410. The van der Waals surface area contributed by atoms with Crippen LogP contribution in [0.1, 0.15) is 39.5 Å². The van der Waals surface area contributed by atoms with Crippen molar-refractivity contribution in [1.82, 2.24) is 4.90 Å². The fourth-order valence-corrected chi connectivity index (χ4v) is 2.40. The Morgan fingerprint density at radius 1 is 1.31 bits per heavy atom. The molecule has 1 saturated heterocycles. The topological polar surface area (TPSA) is 12.5 Å². The lowest BCUT2D eigenvalue weighted by Crippen LogP contribution is -2.39. The zero-order chi connectivity index (χ0) is 11.6. The van der Waals surface area contributed by atoms with Crippen LogP contribution in [-0.4, -0.2) is 43.4 Å². The number of hydrogen-bond donors (Lipinski definition) is 0. The number of halogens is 1. The normalized spacial score (nSPS) is 26.2. The van der Waals surface area contributed by atoms with Crippen LogP contribution >= 0.6 is 0 Å². The van der Waals surface area contributed by atoms with E-state index in [1.807, 2.05) is 0 Å². The second-order valence-electron chi connectivity index (χ2n) is 5.81. The molecule has 0 N–H and O–H groups in total. The molecule has 0 radical (unpaired) electrons. The highest BCUT2D eigenvalue weighted by Gasteiger charge is 2.44. The van der Waals surface area contributed by atoms with Gasteiger partial charge in [-0.15, -0.1) is 0 Å². The molecule has 16 heavy (non-hydrogen) atoms. The lowest BCUT2D eigenvalue weighted by molar-refractivity contribution is 0.0252. The summed E-state index contributed by atoms with van der Waals surface area (Å²) in [4.78, 5) is 2.42. The van der Waals surface area contributed by atoms with Gasteiger partial charge >= 0.3 is 0 Å². The first-order valence-corrected chi connectivity index (χ1v) is 6.58. The van der Waals surface area contributed by atoms with Crippen molar-refractivity contribution in [3.63, 3.8) is 0 Å². The quantitative estimate of drug-likeness (QED) is 0.718. The Labute approximate surface area is 98.1 Å². The molecule has 0 aromatic heterocycles. The second-order valence-corrected chi connectivity index (χ2v) is 5.81. The van der Waals surface area contributed by atoms with Crippen LogP contribution in [0.3, 0.4) is 0 Å². The zero-order valence-corrected chi connectivity index (χ0v) is 10.5. The predicted molar refractivity (Wildman–Crippen MR) is 63.3 cm³/mol. The molecule has 0 aromatic rings.